The minimum absolute atomic E-state index is 0.378. The van der Waals surface area contributed by atoms with E-state index >= 15 is 0 Å². The van der Waals surface area contributed by atoms with Crippen LogP contribution in [0, 0.1) is 0 Å². The van der Waals surface area contributed by atoms with Gasteiger partial charge in [0.15, 0.2) is 0 Å². The Bertz CT molecular complexity index is 1320. The largest absolute Gasteiger partial charge is 0.481 e. The number of aromatic nitrogens is 4. The topological polar surface area (TPSA) is 135 Å². The lowest BCUT2D eigenvalue weighted by Crippen LogP contribution is -2.36. The highest BCUT2D eigenvalue weighted by Gasteiger charge is 2.14. The molecule has 37 heavy (non-hydrogen) atoms. The molecule has 0 aliphatic carbocycles. The molecule has 1 saturated heterocycles. The zero-order chi connectivity index (χ0) is 26.2. The first-order valence-corrected chi connectivity index (χ1v) is 11.9. The molecule has 4 aromatic heterocycles. The zero-order valence-corrected chi connectivity index (χ0v) is 21.4. The highest BCUT2D eigenvalue weighted by Crippen LogP contribution is 2.29. The van der Waals surface area contributed by atoms with Crippen molar-refractivity contribution in [1.29, 1.82) is 0 Å². The van der Waals surface area contributed by atoms with Crippen molar-refractivity contribution >= 4 is 28.8 Å². The molecule has 1 aliphatic heterocycles. The van der Waals surface area contributed by atoms with Crippen molar-refractivity contribution < 1.29 is 14.2 Å². The van der Waals surface area contributed by atoms with E-state index in [9.17, 15) is 0 Å². The number of nitrogen functional groups attached to an aromatic ring is 2. The van der Waals surface area contributed by atoms with Crippen LogP contribution < -0.4 is 25.8 Å². The Labute approximate surface area is 220 Å². The van der Waals surface area contributed by atoms with Gasteiger partial charge in [-0.05, 0) is 18.2 Å². The maximum absolute atomic E-state index is 6.17. The Morgan fingerprint density at radius 2 is 1.30 bits per heavy atom. The van der Waals surface area contributed by atoms with Crippen molar-refractivity contribution in [3.05, 3.63) is 66.3 Å². The van der Waals surface area contributed by atoms with Crippen LogP contribution in [0.25, 0.3) is 22.3 Å². The molecule has 0 spiro atoms. The summed E-state index contributed by atoms with van der Waals surface area (Å²) in [6, 6.07) is 10.9. The second-order valence-electron chi connectivity index (χ2n) is 8.00. The first-order chi connectivity index (χ1) is 18.0. The highest BCUT2D eigenvalue weighted by atomic mass is 35.5. The van der Waals surface area contributed by atoms with Gasteiger partial charge in [0, 0.05) is 89.7 Å². The summed E-state index contributed by atoms with van der Waals surface area (Å²) in [5, 5.41) is 0.378. The van der Waals surface area contributed by atoms with Crippen LogP contribution in [0.15, 0.2) is 61.2 Å². The van der Waals surface area contributed by atoms with Crippen molar-refractivity contribution in [2.75, 3.05) is 56.9 Å². The van der Waals surface area contributed by atoms with E-state index in [-0.39, 0.29) is 0 Å². The fraction of sp³-hybridized carbons (Fsp3) is 0.231. The number of nitrogens with zero attached hydrogens (tertiary/aromatic N) is 5. The number of nitrogens with two attached hydrogens (primary N) is 2. The molecule has 0 atom stereocenters. The average Bonchev–Trinajstić information content (AvgIpc) is 2.94. The van der Waals surface area contributed by atoms with Gasteiger partial charge in [-0.25, -0.2) is 19.9 Å². The van der Waals surface area contributed by atoms with Crippen LogP contribution in [-0.2, 0) is 4.74 Å². The van der Waals surface area contributed by atoms with Crippen LogP contribution in [0.3, 0.4) is 0 Å². The number of pyridine rings is 4. The number of anilines is 3. The van der Waals surface area contributed by atoms with Gasteiger partial charge in [-0.1, -0.05) is 11.6 Å². The van der Waals surface area contributed by atoms with Crippen LogP contribution in [0.4, 0.5) is 17.2 Å². The van der Waals surface area contributed by atoms with E-state index in [1.165, 1.54) is 0 Å². The third-order valence-electron chi connectivity index (χ3n) is 5.67. The molecule has 0 unspecified atom stereocenters. The standard InChI is InChI=1S/C15H18N4O2.C11H10ClN3O/c1-20-15-3-2-11(9-18-15)12-10-17-14(8-13(12)16)19-4-6-21-7-5-19;1-16-11-3-2-7(5-15-11)8-6-14-10(12)4-9(8)13/h2-3,8-10H,4-7H2,1H3,(H2,16,17);2-6H,1H3,(H2,13,14). The number of ether oxygens (including phenoxy) is 3. The molecule has 10 nitrogen and oxygen atoms in total. The molecular weight excluding hydrogens is 494 g/mol. The smallest absolute Gasteiger partial charge is 0.212 e. The van der Waals surface area contributed by atoms with Gasteiger partial charge in [-0.2, -0.15) is 0 Å². The van der Waals surface area contributed by atoms with Gasteiger partial charge in [0.2, 0.25) is 11.8 Å². The van der Waals surface area contributed by atoms with Gasteiger partial charge in [0.05, 0.1) is 27.4 Å². The van der Waals surface area contributed by atoms with Crippen molar-refractivity contribution in [3.8, 4) is 34.0 Å². The summed E-state index contributed by atoms with van der Waals surface area (Å²) in [7, 11) is 3.16. The lowest BCUT2D eigenvalue weighted by atomic mass is 10.1. The van der Waals surface area contributed by atoms with E-state index in [2.05, 4.69) is 24.8 Å². The Morgan fingerprint density at radius 1 is 0.757 bits per heavy atom. The summed E-state index contributed by atoms with van der Waals surface area (Å²) in [4.78, 5) is 19.0. The Balaban J connectivity index is 0.000000180. The molecule has 0 radical (unpaired) electrons. The van der Waals surface area contributed by atoms with Gasteiger partial charge in [0.25, 0.3) is 0 Å². The number of hydrogen-bond acceptors (Lipinski definition) is 10. The first-order valence-electron chi connectivity index (χ1n) is 11.5. The molecule has 5 rings (SSSR count). The molecular formula is C26H28ClN7O3. The number of halogens is 1. The number of methoxy groups -OCH3 is 2. The SMILES string of the molecule is COc1ccc(-c2cnc(Cl)cc2N)cn1.COc1ccc(-c2cnc(N3CCOCC3)cc2N)cn1. The van der Waals surface area contributed by atoms with Gasteiger partial charge in [-0.15, -0.1) is 0 Å². The molecule has 0 bridgehead atoms. The summed E-state index contributed by atoms with van der Waals surface area (Å²) < 4.78 is 15.4. The fourth-order valence-electron chi connectivity index (χ4n) is 3.67. The number of hydrogen-bond donors (Lipinski definition) is 2. The van der Waals surface area contributed by atoms with Crippen molar-refractivity contribution in [2.45, 2.75) is 0 Å². The van der Waals surface area contributed by atoms with E-state index < -0.39 is 0 Å². The summed E-state index contributed by atoms with van der Waals surface area (Å²) in [6.45, 7) is 3.14. The summed E-state index contributed by atoms with van der Waals surface area (Å²) >= 11 is 5.73. The maximum Gasteiger partial charge on any atom is 0.212 e. The van der Waals surface area contributed by atoms with Gasteiger partial charge in [0.1, 0.15) is 11.0 Å². The molecule has 4 aromatic rings. The maximum atomic E-state index is 6.17. The molecule has 1 fully saturated rings. The van der Waals surface area contributed by atoms with E-state index in [4.69, 9.17) is 37.3 Å². The zero-order valence-electron chi connectivity index (χ0n) is 20.6. The van der Waals surface area contributed by atoms with Crippen LogP contribution in [0.2, 0.25) is 5.15 Å². The van der Waals surface area contributed by atoms with Crippen molar-refractivity contribution in [2.24, 2.45) is 0 Å². The molecule has 192 valence electrons. The van der Waals surface area contributed by atoms with Crippen molar-refractivity contribution in [3.63, 3.8) is 0 Å². The predicted octanol–water partition coefficient (Wildman–Crippen LogP) is 3.96. The quantitative estimate of drug-likeness (QED) is 0.371. The average molecular weight is 522 g/mol. The highest BCUT2D eigenvalue weighted by molar-refractivity contribution is 6.29. The second kappa shape index (κ2) is 12.2. The third kappa shape index (κ3) is 6.54. The summed E-state index contributed by atoms with van der Waals surface area (Å²) in [5.74, 6) is 2.03. The van der Waals surface area contributed by atoms with E-state index in [0.29, 0.717) is 28.3 Å². The van der Waals surface area contributed by atoms with E-state index in [1.54, 1.807) is 51.1 Å². The lowest BCUT2D eigenvalue weighted by molar-refractivity contribution is 0.122. The van der Waals surface area contributed by atoms with Crippen LogP contribution in [-0.4, -0.2) is 60.5 Å². The molecule has 0 amide bonds. The molecule has 5 heterocycles. The van der Waals surface area contributed by atoms with Crippen LogP contribution in [0.1, 0.15) is 0 Å². The monoisotopic (exact) mass is 521 g/mol. The van der Waals surface area contributed by atoms with Crippen molar-refractivity contribution in [1.82, 2.24) is 19.9 Å². The Kier molecular flexibility index (Phi) is 8.55. The van der Waals surface area contributed by atoms with E-state index in [1.807, 2.05) is 24.3 Å². The molecule has 0 saturated carbocycles. The third-order valence-corrected chi connectivity index (χ3v) is 5.88. The fourth-order valence-corrected chi connectivity index (χ4v) is 3.84. The lowest BCUT2D eigenvalue weighted by Gasteiger charge is -2.28. The minimum Gasteiger partial charge on any atom is -0.481 e. The number of rotatable bonds is 5. The van der Waals surface area contributed by atoms with Gasteiger partial charge >= 0.3 is 0 Å². The van der Waals surface area contributed by atoms with Gasteiger partial charge in [-0.3, -0.25) is 0 Å². The number of morpholine rings is 1. The molecule has 11 heteroatoms. The molecule has 4 N–H and O–H groups in total. The summed E-state index contributed by atoms with van der Waals surface area (Å²) in [6.07, 6.45) is 6.84. The molecule has 0 aromatic carbocycles. The van der Waals surface area contributed by atoms with Crippen LogP contribution in [0.5, 0.6) is 11.8 Å². The predicted molar refractivity (Wildman–Crippen MR) is 145 cm³/mol. The van der Waals surface area contributed by atoms with Gasteiger partial charge < -0.3 is 30.6 Å². The Hall–Kier alpha value is -4.15. The minimum atomic E-state index is 0.378. The van der Waals surface area contributed by atoms with Crippen LogP contribution >= 0.6 is 11.6 Å². The molecule has 1 aliphatic rings. The Morgan fingerprint density at radius 3 is 1.76 bits per heavy atom. The summed E-state index contributed by atoms with van der Waals surface area (Å²) in [5.41, 5.74) is 16.8. The second-order valence-corrected chi connectivity index (χ2v) is 8.39. The first kappa shape index (κ1) is 25.9. The van der Waals surface area contributed by atoms with E-state index in [0.717, 1.165) is 54.4 Å². The normalized spacial score (nSPS) is 12.9.